The van der Waals surface area contributed by atoms with Crippen LogP contribution >= 0.6 is 0 Å². The lowest BCUT2D eigenvalue weighted by Gasteiger charge is -2.20. The second-order valence-electron chi connectivity index (χ2n) is 5.94. The van der Waals surface area contributed by atoms with E-state index >= 15 is 0 Å². The Bertz CT molecular complexity index is 387. The first-order chi connectivity index (χ1) is 8.56. The Balaban J connectivity index is 2.02. The fraction of sp³-hybridized carbons (Fsp3) is 0.667. The Morgan fingerprint density at radius 2 is 2.17 bits per heavy atom. The lowest BCUT2D eigenvalue weighted by Crippen LogP contribution is -2.26. The van der Waals surface area contributed by atoms with E-state index in [0.717, 1.165) is 24.8 Å². The van der Waals surface area contributed by atoms with Gasteiger partial charge in [0.1, 0.15) is 5.82 Å². The molecule has 0 aliphatic carbocycles. The summed E-state index contributed by atoms with van der Waals surface area (Å²) in [6.45, 7) is 7.87. The Labute approximate surface area is 111 Å². The molecule has 1 atom stereocenters. The van der Waals surface area contributed by atoms with Crippen LogP contribution in [0.5, 0.6) is 0 Å². The van der Waals surface area contributed by atoms with Crippen LogP contribution in [0.1, 0.15) is 31.9 Å². The van der Waals surface area contributed by atoms with E-state index in [1.807, 2.05) is 0 Å². The Hall–Kier alpha value is -1.09. The highest BCUT2D eigenvalue weighted by molar-refractivity contribution is 5.41. The van der Waals surface area contributed by atoms with Crippen LogP contribution in [-0.2, 0) is 0 Å². The van der Waals surface area contributed by atoms with Gasteiger partial charge in [0.05, 0.1) is 0 Å². The number of hydrogen-bond acceptors (Lipinski definition) is 3. The van der Waals surface area contributed by atoms with Crippen molar-refractivity contribution >= 4 is 5.82 Å². The minimum atomic E-state index is 0.505. The highest BCUT2D eigenvalue weighted by Gasteiger charge is 2.23. The van der Waals surface area contributed by atoms with Gasteiger partial charge in [-0.05, 0) is 44.5 Å². The van der Waals surface area contributed by atoms with Crippen LogP contribution in [0.4, 0.5) is 5.82 Å². The van der Waals surface area contributed by atoms with Crippen LogP contribution in [0.3, 0.4) is 0 Å². The van der Waals surface area contributed by atoms with Gasteiger partial charge >= 0.3 is 0 Å². The minimum absolute atomic E-state index is 0.505. The molecule has 100 valence electrons. The second kappa shape index (κ2) is 5.70. The van der Waals surface area contributed by atoms with Crippen molar-refractivity contribution in [1.82, 2.24) is 9.88 Å². The maximum absolute atomic E-state index is 4.78. The van der Waals surface area contributed by atoms with E-state index in [-0.39, 0.29) is 0 Å². The van der Waals surface area contributed by atoms with Gasteiger partial charge in [-0.25, -0.2) is 4.98 Å². The number of pyridine rings is 1. The Kier molecular flexibility index (Phi) is 4.23. The first-order valence-electron chi connectivity index (χ1n) is 6.93. The fourth-order valence-electron chi connectivity index (χ4n) is 2.64. The van der Waals surface area contributed by atoms with Crippen molar-refractivity contribution in [2.75, 3.05) is 38.6 Å². The maximum atomic E-state index is 4.78. The van der Waals surface area contributed by atoms with Crippen molar-refractivity contribution < 1.29 is 0 Å². The molecule has 1 aromatic rings. The van der Waals surface area contributed by atoms with Gasteiger partial charge in [0, 0.05) is 25.3 Å². The predicted octanol–water partition coefficient (Wildman–Crippen LogP) is 2.59. The third-order valence-corrected chi connectivity index (χ3v) is 3.58. The highest BCUT2D eigenvalue weighted by Crippen LogP contribution is 2.24. The summed E-state index contributed by atoms with van der Waals surface area (Å²) < 4.78 is 0. The lowest BCUT2D eigenvalue weighted by molar-refractivity contribution is 0.340. The Morgan fingerprint density at radius 3 is 2.83 bits per heavy atom. The third kappa shape index (κ3) is 3.22. The van der Waals surface area contributed by atoms with E-state index in [1.54, 1.807) is 0 Å². The molecule has 0 aromatic carbocycles. The number of hydrogen-bond donors (Lipinski definition) is 0. The van der Waals surface area contributed by atoms with Crippen LogP contribution < -0.4 is 4.90 Å². The molecule has 1 aliphatic heterocycles. The van der Waals surface area contributed by atoms with E-state index in [2.05, 4.69) is 55.9 Å². The maximum Gasteiger partial charge on any atom is 0.128 e. The zero-order valence-electron chi connectivity index (χ0n) is 12.1. The minimum Gasteiger partial charge on any atom is -0.356 e. The standard InChI is InChI=1S/C15H25N3/c1-12(2)14-6-5-7-15(16-14)18-9-8-13(11-18)10-17(3)4/h5-7,12-13H,8-11H2,1-4H3/t13-/m1/s1. The summed E-state index contributed by atoms with van der Waals surface area (Å²) in [7, 11) is 4.31. The SMILES string of the molecule is CC(C)c1cccc(N2CC[C@H](CN(C)C)C2)n1. The Morgan fingerprint density at radius 1 is 1.39 bits per heavy atom. The van der Waals surface area contributed by atoms with Crippen molar-refractivity contribution in [3.05, 3.63) is 23.9 Å². The van der Waals surface area contributed by atoms with Gasteiger partial charge < -0.3 is 9.80 Å². The molecule has 2 rings (SSSR count). The molecule has 1 aromatic heterocycles. The average molecular weight is 247 g/mol. The molecule has 2 heterocycles. The summed E-state index contributed by atoms with van der Waals surface area (Å²) in [5.74, 6) is 2.44. The molecule has 0 spiro atoms. The van der Waals surface area contributed by atoms with E-state index in [0.29, 0.717) is 5.92 Å². The molecular weight excluding hydrogens is 222 g/mol. The van der Waals surface area contributed by atoms with Gasteiger partial charge in [0.2, 0.25) is 0 Å². The summed E-state index contributed by atoms with van der Waals surface area (Å²) in [5.41, 5.74) is 1.20. The predicted molar refractivity (Wildman–Crippen MR) is 77.2 cm³/mol. The van der Waals surface area contributed by atoms with E-state index in [9.17, 15) is 0 Å². The van der Waals surface area contributed by atoms with Crippen molar-refractivity contribution in [2.24, 2.45) is 5.92 Å². The molecule has 1 aliphatic rings. The van der Waals surface area contributed by atoms with Crippen LogP contribution in [0.15, 0.2) is 18.2 Å². The van der Waals surface area contributed by atoms with Gasteiger partial charge in [0.15, 0.2) is 0 Å². The second-order valence-corrected chi connectivity index (χ2v) is 5.94. The van der Waals surface area contributed by atoms with Gasteiger partial charge in [-0.2, -0.15) is 0 Å². The van der Waals surface area contributed by atoms with Crippen LogP contribution in [-0.4, -0.2) is 43.6 Å². The molecule has 18 heavy (non-hydrogen) atoms. The van der Waals surface area contributed by atoms with E-state index in [1.165, 1.54) is 18.7 Å². The van der Waals surface area contributed by atoms with Gasteiger partial charge in [-0.3, -0.25) is 0 Å². The quantitative estimate of drug-likeness (QED) is 0.815. The number of anilines is 1. The third-order valence-electron chi connectivity index (χ3n) is 3.58. The van der Waals surface area contributed by atoms with Gasteiger partial charge in [-0.1, -0.05) is 19.9 Å². The van der Waals surface area contributed by atoms with Crippen LogP contribution in [0, 0.1) is 5.92 Å². The summed E-state index contributed by atoms with van der Waals surface area (Å²) in [6, 6.07) is 6.41. The molecule has 3 nitrogen and oxygen atoms in total. The monoisotopic (exact) mass is 247 g/mol. The molecule has 0 unspecified atom stereocenters. The number of rotatable bonds is 4. The molecule has 1 saturated heterocycles. The van der Waals surface area contributed by atoms with Crippen LogP contribution in [0.2, 0.25) is 0 Å². The zero-order chi connectivity index (χ0) is 13.1. The van der Waals surface area contributed by atoms with Crippen LogP contribution in [0.25, 0.3) is 0 Å². The highest BCUT2D eigenvalue weighted by atomic mass is 15.2. The molecule has 0 amide bonds. The topological polar surface area (TPSA) is 19.4 Å². The molecule has 1 fully saturated rings. The summed E-state index contributed by atoms with van der Waals surface area (Å²) in [4.78, 5) is 9.49. The summed E-state index contributed by atoms with van der Waals surface area (Å²) >= 11 is 0. The normalized spacial score (nSPS) is 20.1. The fourth-order valence-corrected chi connectivity index (χ4v) is 2.64. The van der Waals surface area contributed by atoms with Crippen molar-refractivity contribution in [3.8, 4) is 0 Å². The van der Waals surface area contributed by atoms with Crippen molar-refractivity contribution in [2.45, 2.75) is 26.2 Å². The molecule has 0 radical (unpaired) electrons. The zero-order valence-corrected chi connectivity index (χ0v) is 12.1. The number of nitrogens with zero attached hydrogens (tertiary/aromatic N) is 3. The molecular formula is C15H25N3. The van der Waals surface area contributed by atoms with E-state index < -0.39 is 0 Å². The average Bonchev–Trinajstić information content (AvgIpc) is 2.77. The first kappa shape index (κ1) is 13.3. The summed E-state index contributed by atoms with van der Waals surface area (Å²) in [5, 5.41) is 0. The van der Waals surface area contributed by atoms with E-state index in [4.69, 9.17) is 4.98 Å². The largest absolute Gasteiger partial charge is 0.356 e. The van der Waals surface area contributed by atoms with Gasteiger partial charge in [0.25, 0.3) is 0 Å². The molecule has 3 heteroatoms. The summed E-state index contributed by atoms with van der Waals surface area (Å²) in [6.07, 6.45) is 1.28. The van der Waals surface area contributed by atoms with Crippen molar-refractivity contribution in [1.29, 1.82) is 0 Å². The molecule has 0 bridgehead atoms. The lowest BCUT2D eigenvalue weighted by atomic mass is 10.1. The molecule has 0 saturated carbocycles. The van der Waals surface area contributed by atoms with Crippen molar-refractivity contribution in [3.63, 3.8) is 0 Å². The van der Waals surface area contributed by atoms with Gasteiger partial charge in [-0.15, -0.1) is 0 Å². The number of aromatic nitrogens is 1. The molecule has 0 N–H and O–H groups in total. The first-order valence-corrected chi connectivity index (χ1v) is 6.93. The smallest absolute Gasteiger partial charge is 0.128 e.